The fourth-order valence-electron chi connectivity index (χ4n) is 2.24. The number of rotatable bonds is 3. The summed E-state index contributed by atoms with van der Waals surface area (Å²) in [5.74, 6) is -0.281. The number of nitrogens with zero attached hydrogens (tertiary/aromatic N) is 1. The van der Waals surface area contributed by atoms with Gasteiger partial charge in [-0.3, -0.25) is 4.90 Å². The number of benzene rings is 1. The third-order valence-corrected chi connectivity index (χ3v) is 3.75. The fourth-order valence-corrected chi connectivity index (χ4v) is 2.69. The number of phenols is 1. The largest absolute Gasteiger partial charge is 0.506 e. The minimum atomic E-state index is -0.364. The van der Waals surface area contributed by atoms with Gasteiger partial charge in [-0.25, -0.2) is 4.39 Å². The summed E-state index contributed by atoms with van der Waals surface area (Å²) in [7, 11) is 0. The second-order valence-electron chi connectivity index (χ2n) is 4.29. The average molecular weight is 388 g/mol. The number of phenolic OH excluding ortho intramolecular Hbond substituents is 1. The van der Waals surface area contributed by atoms with Gasteiger partial charge in [-0.1, -0.05) is 6.08 Å². The summed E-state index contributed by atoms with van der Waals surface area (Å²) in [6.45, 7) is 7.29. The molecule has 114 valence electrons. The van der Waals surface area contributed by atoms with Crippen LogP contribution in [0.25, 0.3) is 0 Å². The highest BCUT2D eigenvalue weighted by Gasteiger charge is 2.23. The van der Waals surface area contributed by atoms with Crippen LogP contribution in [0.4, 0.5) is 4.39 Å². The van der Waals surface area contributed by atoms with Crippen molar-refractivity contribution in [2.24, 2.45) is 0 Å². The van der Waals surface area contributed by atoms with Crippen LogP contribution in [0.1, 0.15) is 11.6 Å². The number of nitrogens with one attached hydrogen (secondary N) is 1. The van der Waals surface area contributed by atoms with Crippen LogP contribution in [0, 0.1) is 5.82 Å². The number of piperazine rings is 1. The van der Waals surface area contributed by atoms with Crippen LogP contribution in [-0.2, 0) is 0 Å². The maximum Gasteiger partial charge on any atom is 0.135 e. The van der Waals surface area contributed by atoms with E-state index in [1.54, 1.807) is 6.08 Å². The van der Waals surface area contributed by atoms with Crippen LogP contribution in [0.15, 0.2) is 29.3 Å². The first-order valence-corrected chi connectivity index (χ1v) is 6.68. The number of hydrogen-bond acceptors (Lipinski definition) is 3. The Morgan fingerprint density at radius 1 is 1.35 bits per heavy atom. The molecule has 0 spiro atoms. The summed E-state index contributed by atoms with van der Waals surface area (Å²) in [5, 5.41) is 13.3. The summed E-state index contributed by atoms with van der Waals surface area (Å²) in [5.41, 5.74) is 0.554. The molecular formula is C13H18BrCl2FN2O. The molecule has 1 aromatic rings. The Hall–Kier alpha value is -0.330. The van der Waals surface area contributed by atoms with E-state index >= 15 is 0 Å². The maximum atomic E-state index is 13.5. The van der Waals surface area contributed by atoms with Gasteiger partial charge in [0.15, 0.2) is 0 Å². The first-order chi connectivity index (χ1) is 8.63. The van der Waals surface area contributed by atoms with Crippen molar-refractivity contribution >= 4 is 40.7 Å². The molecule has 1 atom stereocenters. The van der Waals surface area contributed by atoms with Gasteiger partial charge in [0.05, 0.1) is 10.5 Å². The van der Waals surface area contributed by atoms with Gasteiger partial charge in [-0.05, 0) is 28.1 Å². The molecule has 2 rings (SSSR count). The average Bonchev–Trinajstić information content (AvgIpc) is 2.37. The Morgan fingerprint density at radius 3 is 2.50 bits per heavy atom. The highest BCUT2D eigenvalue weighted by Crippen LogP contribution is 2.36. The zero-order chi connectivity index (χ0) is 13.1. The topological polar surface area (TPSA) is 35.5 Å². The van der Waals surface area contributed by atoms with Gasteiger partial charge in [-0.2, -0.15) is 0 Å². The fraction of sp³-hybridized carbons (Fsp3) is 0.385. The Balaban J connectivity index is 0.00000180. The molecule has 0 unspecified atom stereocenters. The van der Waals surface area contributed by atoms with Crippen molar-refractivity contribution in [3.63, 3.8) is 0 Å². The van der Waals surface area contributed by atoms with Gasteiger partial charge < -0.3 is 10.4 Å². The van der Waals surface area contributed by atoms with Crippen molar-refractivity contribution in [1.82, 2.24) is 10.2 Å². The molecule has 0 amide bonds. The summed E-state index contributed by atoms with van der Waals surface area (Å²) in [6, 6.07) is 2.46. The molecule has 1 aromatic carbocycles. The summed E-state index contributed by atoms with van der Waals surface area (Å²) < 4.78 is 13.8. The zero-order valence-corrected chi connectivity index (χ0v) is 14.0. The maximum absolute atomic E-state index is 13.5. The van der Waals surface area contributed by atoms with Crippen molar-refractivity contribution in [3.8, 4) is 5.75 Å². The molecule has 1 aliphatic heterocycles. The van der Waals surface area contributed by atoms with Crippen LogP contribution >= 0.6 is 40.7 Å². The summed E-state index contributed by atoms with van der Waals surface area (Å²) in [6.07, 6.45) is 1.74. The minimum Gasteiger partial charge on any atom is -0.506 e. The first kappa shape index (κ1) is 19.7. The molecule has 0 aliphatic carbocycles. The second kappa shape index (κ2) is 8.85. The molecule has 1 saturated heterocycles. The van der Waals surface area contributed by atoms with E-state index in [1.165, 1.54) is 12.1 Å². The van der Waals surface area contributed by atoms with Crippen LogP contribution < -0.4 is 5.32 Å². The van der Waals surface area contributed by atoms with E-state index < -0.39 is 0 Å². The Bertz CT molecular complexity index is 456. The van der Waals surface area contributed by atoms with Crippen LogP contribution in [0.2, 0.25) is 0 Å². The van der Waals surface area contributed by atoms with Crippen molar-refractivity contribution in [2.45, 2.75) is 6.04 Å². The van der Waals surface area contributed by atoms with Crippen molar-refractivity contribution in [1.29, 1.82) is 0 Å². The van der Waals surface area contributed by atoms with Gasteiger partial charge >= 0.3 is 0 Å². The molecule has 7 heteroatoms. The molecule has 20 heavy (non-hydrogen) atoms. The third-order valence-electron chi connectivity index (χ3n) is 3.14. The lowest BCUT2D eigenvalue weighted by molar-refractivity contribution is 0.200. The predicted octanol–water partition coefficient (Wildman–Crippen LogP) is 3.27. The van der Waals surface area contributed by atoms with E-state index in [0.717, 1.165) is 26.2 Å². The third kappa shape index (κ3) is 4.33. The zero-order valence-electron chi connectivity index (χ0n) is 10.8. The lowest BCUT2D eigenvalue weighted by atomic mass is 10.0. The van der Waals surface area contributed by atoms with Crippen LogP contribution in [0.5, 0.6) is 5.75 Å². The van der Waals surface area contributed by atoms with Gasteiger partial charge in [0.1, 0.15) is 11.6 Å². The normalized spacial score (nSPS) is 16.7. The highest BCUT2D eigenvalue weighted by molar-refractivity contribution is 9.10. The van der Waals surface area contributed by atoms with E-state index in [1.807, 2.05) is 0 Å². The molecule has 1 fully saturated rings. The standard InChI is InChI=1S/C13H16BrFN2O.2ClH/c1-2-12(17-5-3-16-4-6-17)10-7-9(15)8-11(14)13(10)18;;/h2,7-8,12,16,18H,1,3-6H2;2*1H/t12-;;/m0../s1. The van der Waals surface area contributed by atoms with Crippen LogP contribution in [-0.4, -0.2) is 36.2 Å². The molecular weight excluding hydrogens is 370 g/mol. The molecule has 0 radical (unpaired) electrons. The van der Waals surface area contributed by atoms with E-state index in [0.29, 0.717) is 10.0 Å². The molecule has 3 nitrogen and oxygen atoms in total. The molecule has 0 aromatic heterocycles. The quantitative estimate of drug-likeness (QED) is 0.781. The predicted molar refractivity (Wildman–Crippen MR) is 87.6 cm³/mol. The smallest absolute Gasteiger partial charge is 0.135 e. The molecule has 1 aliphatic rings. The lowest BCUT2D eigenvalue weighted by Crippen LogP contribution is -2.44. The van der Waals surface area contributed by atoms with Gasteiger partial charge in [-0.15, -0.1) is 31.4 Å². The Morgan fingerprint density at radius 2 is 1.95 bits per heavy atom. The first-order valence-electron chi connectivity index (χ1n) is 5.88. The minimum absolute atomic E-state index is 0. The highest BCUT2D eigenvalue weighted by atomic mass is 79.9. The Kier molecular flexibility index (Phi) is 8.70. The van der Waals surface area contributed by atoms with Gasteiger partial charge in [0.2, 0.25) is 0 Å². The molecule has 0 saturated carbocycles. The van der Waals surface area contributed by atoms with Crippen molar-refractivity contribution in [3.05, 3.63) is 40.6 Å². The number of aromatic hydroxyl groups is 1. The van der Waals surface area contributed by atoms with Crippen molar-refractivity contribution in [2.75, 3.05) is 26.2 Å². The second-order valence-corrected chi connectivity index (χ2v) is 5.15. The van der Waals surface area contributed by atoms with Crippen molar-refractivity contribution < 1.29 is 9.50 Å². The van der Waals surface area contributed by atoms with Gasteiger partial charge in [0, 0.05) is 31.7 Å². The van der Waals surface area contributed by atoms with E-state index in [9.17, 15) is 9.50 Å². The van der Waals surface area contributed by atoms with E-state index in [2.05, 4.69) is 32.7 Å². The monoisotopic (exact) mass is 386 g/mol. The summed E-state index contributed by atoms with van der Waals surface area (Å²) >= 11 is 3.16. The van der Waals surface area contributed by atoms with E-state index in [-0.39, 0.29) is 42.4 Å². The summed E-state index contributed by atoms with van der Waals surface area (Å²) in [4.78, 5) is 2.17. The molecule has 1 heterocycles. The SMILES string of the molecule is C=C[C@@H](c1cc(F)cc(Br)c1O)N1CCNCC1.Cl.Cl. The number of hydrogen-bond donors (Lipinski definition) is 2. The lowest BCUT2D eigenvalue weighted by Gasteiger charge is -2.33. The Labute approximate surface area is 139 Å². The van der Waals surface area contributed by atoms with Gasteiger partial charge in [0.25, 0.3) is 0 Å². The number of halogens is 4. The van der Waals surface area contributed by atoms with Crippen LogP contribution in [0.3, 0.4) is 0 Å². The molecule has 0 bridgehead atoms. The van der Waals surface area contributed by atoms with E-state index in [4.69, 9.17) is 0 Å². The molecule has 2 N–H and O–H groups in total.